The fourth-order valence-electron chi connectivity index (χ4n) is 7.28. The Morgan fingerprint density at radius 2 is 1.06 bits per heavy atom. The molecule has 0 fully saturated rings. The molecule has 0 saturated carbocycles. The first-order chi connectivity index (χ1) is 33.0. The molecule has 0 spiro atoms. The van der Waals surface area contributed by atoms with Crippen LogP contribution in [0.3, 0.4) is 0 Å². The minimum atomic E-state index is -0.400. The predicted molar refractivity (Wildman–Crippen MR) is 262 cm³/mol. The number of benzene rings is 2. The molecule has 4 N–H and O–H groups in total. The van der Waals surface area contributed by atoms with Crippen molar-refractivity contribution in [3.05, 3.63) is 179 Å². The highest BCUT2D eigenvalue weighted by Crippen LogP contribution is 2.27. The summed E-state index contributed by atoms with van der Waals surface area (Å²) < 4.78 is 3.63. The predicted octanol–water partition coefficient (Wildman–Crippen LogP) is 9.89. The summed E-state index contributed by atoms with van der Waals surface area (Å²) >= 11 is 0. The van der Waals surface area contributed by atoms with Gasteiger partial charge in [-0.15, -0.1) is 10.2 Å². The summed E-state index contributed by atoms with van der Waals surface area (Å²) in [6.07, 6.45) is 14.6. The summed E-state index contributed by atoms with van der Waals surface area (Å²) in [5.41, 5.74) is 17.6. The molecule has 0 aliphatic rings. The molecule has 0 amide bonds. The second-order valence-corrected chi connectivity index (χ2v) is 16.8. The Morgan fingerprint density at radius 1 is 0.559 bits per heavy atom. The lowest BCUT2D eigenvalue weighted by Gasteiger charge is -2.09. The zero-order chi connectivity index (χ0) is 47.1. The van der Waals surface area contributed by atoms with Gasteiger partial charge >= 0.3 is 0 Å². The highest BCUT2D eigenvalue weighted by Gasteiger charge is 2.12. The largest absolute Gasteiger partial charge is 0.399 e. The molecule has 8 heterocycles. The molecule has 0 atom stereocenters. The molecule has 18 nitrogen and oxygen atoms in total. The zero-order valence-corrected chi connectivity index (χ0v) is 37.6. The second kappa shape index (κ2) is 19.6. The van der Waals surface area contributed by atoms with Crippen LogP contribution in [0.4, 0.5) is 34.6 Å². The first-order valence-electron chi connectivity index (χ1n) is 21.8. The Balaban J connectivity index is 0.000000170. The van der Waals surface area contributed by atoms with Crippen LogP contribution in [-0.2, 0) is 13.1 Å². The van der Waals surface area contributed by atoms with E-state index in [4.69, 9.17) is 15.7 Å². The number of hydrogen-bond acceptors (Lipinski definition) is 15. The van der Waals surface area contributed by atoms with Gasteiger partial charge in [0, 0.05) is 64.9 Å². The molecule has 0 unspecified atom stereocenters. The van der Waals surface area contributed by atoms with Crippen LogP contribution in [0.1, 0.15) is 61.8 Å². The average molecular weight is 903 g/mol. The van der Waals surface area contributed by atoms with Gasteiger partial charge < -0.3 is 16.4 Å². The summed E-state index contributed by atoms with van der Waals surface area (Å²) in [6.45, 7) is 9.53. The SMILES string of the molecule is CC(C)c1cnnc(Nc2ccc3ncc(-c4cnn(Cc5cccc(N)c5)c4)cc3n2)c1.CC(C)c1cnnc(Nc2ccc3ncc(-c4cnn(Cc5cccc([N+](=O)[O-])c5)c4)cc3n2)c1. The molecule has 338 valence electrons. The Kier molecular flexibility index (Phi) is 12.7. The van der Waals surface area contributed by atoms with Gasteiger partial charge in [0.25, 0.3) is 5.69 Å². The van der Waals surface area contributed by atoms with Crippen LogP contribution in [0.15, 0.2) is 147 Å². The normalized spacial score (nSPS) is 11.2. The van der Waals surface area contributed by atoms with E-state index in [0.717, 1.165) is 72.3 Å². The minimum absolute atomic E-state index is 0.0611. The lowest BCUT2D eigenvalue weighted by molar-refractivity contribution is -0.384. The molecule has 18 heteroatoms. The zero-order valence-electron chi connectivity index (χ0n) is 37.6. The second-order valence-electron chi connectivity index (χ2n) is 16.8. The van der Waals surface area contributed by atoms with Crippen LogP contribution in [0.2, 0.25) is 0 Å². The van der Waals surface area contributed by atoms with E-state index in [0.29, 0.717) is 48.2 Å². The lowest BCUT2D eigenvalue weighted by atomic mass is 10.1. The Labute approximate surface area is 390 Å². The van der Waals surface area contributed by atoms with E-state index in [1.165, 1.54) is 6.07 Å². The van der Waals surface area contributed by atoms with Crippen molar-refractivity contribution in [3.8, 4) is 22.3 Å². The molecule has 0 aliphatic heterocycles. The number of nitrogens with two attached hydrogens (primary N) is 1. The summed E-state index contributed by atoms with van der Waals surface area (Å²) in [6, 6.07) is 29.9. The number of fused-ring (bicyclic) bond motifs is 2. The van der Waals surface area contributed by atoms with E-state index < -0.39 is 4.92 Å². The van der Waals surface area contributed by atoms with Crippen molar-refractivity contribution >= 4 is 56.7 Å². The number of nitro benzene ring substituents is 1. The molecule has 8 aromatic heterocycles. The summed E-state index contributed by atoms with van der Waals surface area (Å²) in [4.78, 5) is 29.2. The highest BCUT2D eigenvalue weighted by atomic mass is 16.6. The maximum absolute atomic E-state index is 11.0. The van der Waals surface area contributed by atoms with Crippen molar-refractivity contribution in [2.75, 3.05) is 16.4 Å². The average Bonchev–Trinajstić information content (AvgIpc) is 4.02. The molecular weight excluding hydrogens is 857 g/mol. The number of nitrogens with zero attached hydrogens (tertiary/aromatic N) is 13. The van der Waals surface area contributed by atoms with Crippen molar-refractivity contribution in [2.24, 2.45) is 0 Å². The number of aromatic nitrogens is 12. The number of non-ortho nitro benzene ring substituents is 1. The maximum Gasteiger partial charge on any atom is 0.269 e. The van der Waals surface area contributed by atoms with Gasteiger partial charge in [-0.05, 0) is 94.8 Å². The lowest BCUT2D eigenvalue weighted by Crippen LogP contribution is -2.00. The molecule has 2 aromatic carbocycles. The molecule has 0 radical (unpaired) electrons. The number of nitro groups is 1. The van der Waals surface area contributed by atoms with Crippen molar-refractivity contribution in [1.82, 2.24) is 59.9 Å². The van der Waals surface area contributed by atoms with Crippen LogP contribution >= 0.6 is 0 Å². The van der Waals surface area contributed by atoms with E-state index in [-0.39, 0.29) is 5.69 Å². The van der Waals surface area contributed by atoms with Crippen molar-refractivity contribution in [1.29, 1.82) is 0 Å². The number of anilines is 5. The Hall–Kier alpha value is -9.06. The fourth-order valence-corrected chi connectivity index (χ4v) is 7.28. The Morgan fingerprint density at radius 3 is 1.54 bits per heavy atom. The third-order valence-corrected chi connectivity index (χ3v) is 11.0. The van der Waals surface area contributed by atoms with Crippen LogP contribution in [-0.4, -0.2) is 64.8 Å². The van der Waals surface area contributed by atoms with Crippen molar-refractivity contribution in [2.45, 2.75) is 52.6 Å². The molecule has 0 saturated heterocycles. The topological polar surface area (TPSA) is 232 Å². The summed E-state index contributed by atoms with van der Waals surface area (Å²) in [5.74, 6) is 3.36. The molecular formula is C50H46N16O2. The quantitative estimate of drug-likeness (QED) is 0.0555. The number of nitrogen functional groups attached to an aromatic ring is 1. The first kappa shape index (κ1) is 44.2. The van der Waals surface area contributed by atoms with Gasteiger partial charge in [-0.3, -0.25) is 29.4 Å². The molecule has 10 rings (SSSR count). The van der Waals surface area contributed by atoms with E-state index in [1.54, 1.807) is 41.6 Å². The van der Waals surface area contributed by atoms with Crippen molar-refractivity contribution in [3.63, 3.8) is 0 Å². The van der Waals surface area contributed by atoms with Gasteiger partial charge in [0.05, 0.1) is 64.9 Å². The third kappa shape index (κ3) is 10.7. The summed E-state index contributed by atoms with van der Waals surface area (Å²) in [5, 5.41) is 42.9. The van der Waals surface area contributed by atoms with Crippen LogP contribution in [0, 0.1) is 10.1 Å². The van der Waals surface area contributed by atoms with E-state index in [1.807, 2.05) is 108 Å². The van der Waals surface area contributed by atoms with Gasteiger partial charge in [0.1, 0.15) is 11.6 Å². The number of nitrogens with one attached hydrogen (secondary N) is 2. The van der Waals surface area contributed by atoms with Gasteiger partial charge in [0.15, 0.2) is 11.6 Å². The van der Waals surface area contributed by atoms with Crippen LogP contribution in [0.25, 0.3) is 44.3 Å². The molecule has 10 aromatic rings. The van der Waals surface area contributed by atoms with Gasteiger partial charge in [-0.2, -0.15) is 20.4 Å². The summed E-state index contributed by atoms with van der Waals surface area (Å²) in [7, 11) is 0. The standard InChI is InChI=1S/C25H22N8O2.C25H24N8/c1-16(2)18-10-25(31-27-12-18)30-24-7-6-22-23(29-24)9-19(11-26-22)20-13-28-32(15-20)14-17-4-3-5-21(8-17)33(34)35;1-16(2)18-10-25(32-28-12-18)31-24-7-6-22-23(30-24)9-19(11-27-22)20-13-29-33(15-20)14-17-4-3-5-21(26)8-17/h3-13,15-16H,14H2,1-2H3,(H,29,30,31);3-13,15-16H,14,26H2,1-2H3,(H,30,31,32). The van der Waals surface area contributed by atoms with E-state index in [2.05, 4.69) is 78.9 Å². The third-order valence-electron chi connectivity index (χ3n) is 11.0. The van der Waals surface area contributed by atoms with Crippen LogP contribution < -0.4 is 16.4 Å². The monoisotopic (exact) mass is 902 g/mol. The molecule has 68 heavy (non-hydrogen) atoms. The number of pyridine rings is 4. The van der Waals surface area contributed by atoms with Gasteiger partial charge in [-0.25, -0.2) is 9.97 Å². The fraction of sp³-hybridized carbons (Fsp3) is 0.160. The Bertz CT molecular complexity index is 3400. The first-order valence-corrected chi connectivity index (χ1v) is 21.8. The molecule has 0 aliphatic carbocycles. The van der Waals surface area contributed by atoms with Gasteiger partial charge in [-0.1, -0.05) is 52.0 Å². The smallest absolute Gasteiger partial charge is 0.269 e. The van der Waals surface area contributed by atoms with E-state index >= 15 is 0 Å². The highest BCUT2D eigenvalue weighted by molar-refractivity contribution is 5.83. The minimum Gasteiger partial charge on any atom is -0.399 e. The van der Waals surface area contributed by atoms with Crippen molar-refractivity contribution < 1.29 is 4.92 Å². The molecule has 0 bridgehead atoms. The number of rotatable bonds is 13. The van der Waals surface area contributed by atoms with Gasteiger partial charge in [0.2, 0.25) is 0 Å². The van der Waals surface area contributed by atoms with Crippen LogP contribution in [0.5, 0.6) is 0 Å². The van der Waals surface area contributed by atoms with E-state index in [9.17, 15) is 10.1 Å². The maximum atomic E-state index is 11.0. The number of hydrogen-bond donors (Lipinski definition) is 3.